The van der Waals surface area contributed by atoms with Crippen LogP contribution in [0.2, 0.25) is 0 Å². The van der Waals surface area contributed by atoms with Crippen LogP contribution in [0.4, 0.5) is 0 Å². The van der Waals surface area contributed by atoms with Crippen LogP contribution >= 0.6 is 0 Å². The molecule has 0 spiro atoms. The van der Waals surface area contributed by atoms with E-state index in [1.807, 2.05) is 29.2 Å². The van der Waals surface area contributed by atoms with Crippen LogP contribution in [-0.2, 0) is 16.6 Å². The van der Waals surface area contributed by atoms with Gasteiger partial charge in [-0.15, -0.1) is 0 Å². The third kappa shape index (κ3) is 4.69. The monoisotopic (exact) mass is 390 g/mol. The zero-order chi connectivity index (χ0) is 19.3. The average Bonchev–Trinajstić information content (AvgIpc) is 2.70. The van der Waals surface area contributed by atoms with Gasteiger partial charge in [0.2, 0.25) is 5.96 Å². The van der Waals surface area contributed by atoms with E-state index in [1.165, 1.54) is 19.2 Å². The van der Waals surface area contributed by atoms with Crippen molar-refractivity contribution < 1.29 is 17.9 Å². The minimum Gasteiger partial charge on any atom is -0.497 e. The number of nitrogens with zero attached hydrogens (tertiary/aromatic N) is 2. The minimum absolute atomic E-state index is 0.143. The molecule has 2 N–H and O–H groups in total. The molecule has 0 fully saturated rings. The van der Waals surface area contributed by atoms with Crippen LogP contribution < -0.4 is 19.5 Å². The number of ether oxygens (including phenoxy) is 2. The summed E-state index contributed by atoms with van der Waals surface area (Å²) in [7, 11) is -0.546. The van der Waals surface area contributed by atoms with Crippen molar-refractivity contribution >= 4 is 16.0 Å². The van der Waals surface area contributed by atoms with E-state index in [-0.39, 0.29) is 10.9 Å². The van der Waals surface area contributed by atoms with Crippen LogP contribution in [0.5, 0.6) is 11.5 Å². The standard InChI is InChI=1S/C18H22N4O4S/c1-25-15-7-9-16(10-8-15)27(23,24)21-18-19-12-22(13-20-18)11-14-5-3-4-6-17(14)26-2/h3-10H,11-13H2,1-2H3,(H2,19,20,21). The fourth-order valence-electron chi connectivity index (χ4n) is 2.65. The smallest absolute Gasteiger partial charge is 0.264 e. The van der Waals surface area contributed by atoms with Crippen molar-refractivity contribution in [2.45, 2.75) is 11.4 Å². The van der Waals surface area contributed by atoms with Crippen molar-refractivity contribution in [1.82, 2.24) is 14.9 Å². The summed E-state index contributed by atoms with van der Waals surface area (Å²) in [4.78, 5) is 6.46. The molecule has 8 nitrogen and oxygen atoms in total. The van der Waals surface area contributed by atoms with E-state index in [4.69, 9.17) is 9.47 Å². The summed E-state index contributed by atoms with van der Waals surface area (Å²) in [6.07, 6.45) is 0. The molecular formula is C18H22N4O4S. The lowest BCUT2D eigenvalue weighted by Crippen LogP contribution is -2.49. The molecule has 3 rings (SSSR count). The SMILES string of the molecule is COc1ccc(S(=O)(=O)NC2=NCN(Cc3ccccc3OC)CN2)cc1. The summed E-state index contributed by atoms with van der Waals surface area (Å²) >= 11 is 0. The largest absolute Gasteiger partial charge is 0.497 e. The number of aliphatic imine (C=N–C) groups is 1. The molecule has 9 heteroatoms. The van der Waals surface area contributed by atoms with Crippen LogP contribution in [-0.4, -0.2) is 46.8 Å². The molecule has 1 aliphatic rings. The minimum atomic E-state index is -3.71. The van der Waals surface area contributed by atoms with E-state index in [1.54, 1.807) is 19.2 Å². The van der Waals surface area contributed by atoms with Crippen LogP contribution in [0.3, 0.4) is 0 Å². The molecule has 2 aromatic rings. The number of guanidine groups is 1. The summed E-state index contributed by atoms with van der Waals surface area (Å²) in [6, 6.07) is 13.9. The molecule has 0 atom stereocenters. The topological polar surface area (TPSA) is 92.3 Å². The van der Waals surface area contributed by atoms with Crippen molar-refractivity contribution in [3.05, 3.63) is 54.1 Å². The van der Waals surface area contributed by atoms with Gasteiger partial charge in [-0.2, -0.15) is 0 Å². The normalized spacial score (nSPS) is 14.8. The number of hydrogen-bond donors (Lipinski definition) is 2. The second-order valence-electron chi connectivity index (χ2n) is 5.90. The van der Waals surface area contributed by atoms with E-state index in [2.05, 4.69) is 15.0 Å². The first-order valence-corrected chi connectivity index (χ1v) is 9.79. The first-order valence-electron chi connectivity index (χ1n) is 8.31. The second-order valence-corrected chi connectivity index (χ2v) is 7.59. The zero-order valence-corrected chi connectivity index (χ0v) is 16.0. The van der Waals surface area contributed by atoms with Gasteiger partial charge in [0.15, 0.2) is 0 Å². The van der Waals surface area contributed by atoms with E-state index < -0.39 is 10.0 Å². The second kappa shape index (κ2) is 8.28. The Morgan fingerprint density at radius 1 is 1.11 bits per heavy atom. The van der Waals surface area contributed by atoms with Crippen LogP contribution in [0.1, 0.15) is 5.56 Å². The molecular weight excluding hydrogens is 368 g/mol. The lowest BCUT2D eigenvalue weighted by atomic mass is 10.2. The maximum Gasteiger partial charge on any atom is 0.264 e. The Hall–Kier alpha value is -2.78. The van der Waals surface area contributed by atoms with E-state index in [9.17, 15) is 8.42 Å². The molecule has 1 heterocycles. The van der Waals surface area contributed by atoms with Crippen molar-refractivity contribution in [2.24, 2.45) is 4.99 Å². The maximum atomic E-state index is 12.5. The highest BCUT2D eigenvalue weighted by Crippen LogP contribution is 2.19. The zero-order valence-electron chi connectivity index (χ0n) is 15.2. The highest BCUT2D eigenvalue weighted by atomic mass is 32.2. The summed E-state index contributed by atoms with van der Waals surface area (Å²) in [5.41, 5.74) is 1.04. The van der Waals surface area contributed by atoms with E-state index in [0.717, 1.165) is 11.3 Å². The molecule has 0 radical (unpaired) electrons. The van der Waals surface area contributed by atoms with Gasteiger partial charge in [0.1, 0.15) is 11.5 Å². The number of nitrogens with one attached hydrogen (secondary N) is 2. The summed E-state index contributed by atoms with van der Waals surface area (Å²) < 4.78 is 37.8. The fourth-order valence-corrected chi connectivity index (χ4v) is 3.66. The average molecular weight is 390 g/mol. The molecule has 2 aromatic carbocycles. The van der Waals surface area contributed by atoms with Crippen molar-refractivity contribution in [3.8, 4) is 11.5 Å². The Bertz CT molecular complexity index is 913. The van der Waals surface area contributed by atoms with Gasteiger partial charge in [-0.1, -0.05) is 18.2 Å². The Balaban J connectivity index is 1.62. The van der Waals surface area contributed by atoms with Gasteiger partial charge in [0.05, 0.1) is 32.5 Å². The third-order valence-corrected chi connectivity index (χ3v) is 5.44. The molecule has 1 aliphatic heterocycles. The highest BCUT2D eigenvalue weighted by molar-refractivity contribution is 7.90. The van der Waals surface area contributed by atoms with Gasteiger partial charge in [0.25, 0.3) is 10.0 Å². The molecule has 0 saturated carbocycles. The molecule has 0 unspecified atom stereocenters. The molecule has 0 aliphatic carbocycles. The van der Waals surface area contributed by atoms with Crippen LogP contribution in [0, 0.1) is 0 Å². The molecule has 0 amide bonds. The number of para-hydroxylation sites is 1. The number of methoxy groups -OCH3 is 2. The summed E-state index contributed by atoms with van der Waals surface area (Å²) in [6.45, 7) is 1.46. The van der Waals surface area contributed by atoms with Crippen molar-refractivity contribution in [1.29, 1.82) is 0 Å². The molecule has 0 aromatic heterocycles. The predicted octanol–water partition coefficient (Wildman–Crippen LogP) is 1.36. The first-order chi connectivity index (χ1) is 13.0. The van der Waals surface area contributed by atoms with Crippen LogP contribution in [0.15, 0.2) is 58.4 Å². The van der Waals surface area contributed by atoms with E-state index >= 15 is 0 Å². The quantitative estimate of drug-likeness (QED) is 0.774. The van der Waals surface area contributed by atoms with Gasteiger partial charge >= 0.3 is 0 Å². The van der Waals surface area contributed by atoms with Gasteiger partial charge in [-0.3, -0.25) is 4.90 Å². The Morgan fingerprint density at radius 3 is 2.48 bits per heavy atom. The highest BCUT2D eigenvalue weighted by Gasteiger charge is 2.20. The Morgan fingerprint density at radius 2 is 1.85 bits per heavy atom. The number of hydrogen-bond acceptors (Lipinski definition) is 7. The number of sulfonamides is 1. The van der Waals surface area contributed by atoms with Crippen LogP contribution in [0.25, 0.3) is 0 Å². The Kier molecular flexibility index (Phi) is 5.82. The third-order valence-electron chi connectivity index (χ3n) is 4.09. The van der Waals surface area contributed by atoms with Gasteiger partial charge < -0.3 is 14.8 Å². The number of rotatable bonds is 6. The summed E-state index contributed by atoms with van der Waals surface area (Å²) in [5, 5.41) is 3.00. The molecule has 27 heavy (non-hydrogen) atoms. The predicted molar refractivity (Wildman–Crippen MR) is 102 cm³/mol. The first kappa shape index (κ1) is 19.0. The molecule has 144 valence electrons. The molecule has 0 saturated heterocycles. The Labute approximate surface area is 158 Å². The lowest BCUT2D eigenvalue weighted by Gasteiger charge is -2.27. The fraction of sp³-hybridized carbons (Fsp3) is 0.278. The lowest BCUT2D eigenvalue weighted by molar-refractivity contribution is 0.251. The maximum absolute atomic E-state index is 12.5. The van der Waals surface area contributed by atoms with Crippen molar-refractivity contribution in [2.75, 3.05) is 27.6 Å². The summed E-state index contributed by atoms with van der Waals surface area (Å²) in [5.74, 6) is 1.63. The van der Waals surface area contributed by atoms with Gasteiger partial charge in [0, 0.05) is 12.1 Å². The van der Waals surface area contributed by atoms with Gasteiger partial charge in [-0.25, -0.2) is 18.1 Å². The van der Waals surface area contributed by atoms with Gasteiger partial charge in [-0.05, 0) is 30.3 Å². The molecule has 0 bridgehead atoms. The van der Waals surface area contributed by atoms with E-state index in [0.29, 0.717) is 25.6 Å². The van der Waals surface area contributed by atoms with Crippen molar-refractivity contribution in [3.63, 3.8) is 0 Å². The number of benzene rings is 2.